The molecule has 1 N–H and O–H groups in total. The van der Waals surface area contributed by atoms with Gasteiger partial charge in [0.15, 0.2) is 5.78 Å². The first-order valence-electron chi connectivity index (χ1n) is 5.50. The molecule has 0 bridgehead atoms. The number of nitro groups is 1. The molecule has 98 valence electrons. The monoisotopic (exact) mass is 263 g/mol. The summed E-state index contributed by atoms with van der Waals surface area (Å²) in [5.74, 6) is -4.72. The molecule has 7 heteroatoms. The molecule has 0 spiro atoms. The van der Waals surface area contributed by atoms with Crippen LogP contribution in [0.5, 0.6) is 0 Å². The van der Waals surface area contributed by atoms with Crippen molar-refractivity contribution in [3.05, 3.63) is 39.4 Å². The highest BCUT2D eigenvalue weighted by molar-refractivity contribution is 6.39. The molecule has 0 fully saturated rings. The molecule has 0 heterocycles. The van der Waals surface area contributed by atoms with Gasteiger partial charge in [0, 0.05) is 17.7 Å². The number of Topliss-reactive ketones (excluding diaryl/α,β-unsaturated/α-hetero) is 2. The van der Waals surface area contributed by atoms with E-state index in [0.717, 1.165) is 6.07 Å². The predicted octanol–water partition coefficient (Wildman–Crippen LogP) is 0.994. The van der Waals surface area contributed by atoms with Gasteiger partial charge in [0.1, 0.15) is 0 Å². The maximum absolute atomic E-state index is 12.0. The smallest absolute Gasteiger partial charge is 0.372 e. The lowest BCUT2D eigenvalue weighted by Gasteiger charge is -2.20. The van der Waals surface area contributed by atoms with Crippen molar-refractivity contribution >= 4 is 23.2 Å². The summed E-state index contributed by atoms with van der Waals surface area (Å²) in [6.07, 6.45) is 0.470. The largest absolute Gasteiger partial charge is 0.475 e. The first-order valence-corrected chi connectivity index (χ1v) is 5.50. The summed E-state index contributed by atoms with van der Waals surface area (Å²) < 4.78 is 0. The minimum atomic E-state index is -1.66. The Morgan fingerprint density at radius 2 is 2.05 bits per heavy atom. The number of carbonyl (C=O) groups is 3. The van der Waals surface area contributed by atoms with Crippen molar-refractivity contribution in [2.24, 2.45) is 5.92 Å². The van der Waals surface area contributed by atoms with Gasteiger partial charge in [-0.05, 0) is 18.4 Å². The highest BCUT2D eigenvalue weighted by Crippen LogP contribution is 2.29. The van der Waals surface area contributed by atoms with Gasteiger partial charge < -0.3 is 5.11 Å². The van der Waals surface area contributed by atoms with Crippen LogP contribution in [0, 0.1) is 16.0 Å². The number of non-ortho nitro benzene ring substituents is 1. The summed E-state index contributed by atoms with van der Waals surface area (Å²) in [7, 11) is 0. The molecule has 1 unspecified atom stereocenters. The number of aryl methyl sites for hydroxylation is 1. The van der Waals surface area contributed by atoms with Gasteiger partial charge in [0.25, 0.3) is 11.5 Å². The van der Waals surface area contributed by atoms with Crippen LogP contribution < -0.4 is 0 Å². The highest BCUT2D eigenvalue weighted by atomic mass is 16.6. The molecular weight excluding hydrogens is 254 g/mol. The number of aliphatic carboxylic acids is 1. The van der Waals surface area contributed by atoms with Crippen molar-refractivity contribution in [1.29, 1.82) is 0 Å². The van der Waals surface area contributed by atoms with Gasteiger partial charge in [0.05, 0.1) is 10.8 Å². The van der Waals surface area contributed by atoms with Gasteiger partial charge in [-0.25, -0.2) is 4.79 Å². The molecule has 1 aliphatic rings. The van der Waals surface area contributed by atoms with E-state index in [9.17, 15) is 24.5 Å². The van der Waals surface area contributed by atoms with Crippen LogP contribution in [0.15, 0.2) is 18.2 Å². The second-order valence-corrected chi connectivity index (χ2v) is 4.22. The number of benzene rings is 1. The SMILES string of the molecule is O=C(O)C(=O)C1CCc2ccc([N+](=O)[O-])cc2C1=O. The van der Waals surface area contributed by atoms with E-state index in [1.54, 1.807) is 0 Å². The number of fused-ring (bicyclic) bond motifs is 1. The molecule has 0 aromatic heterocycles. The Balaban J connectivity index is 2.42. The number of carboxylic acid groups (broad SMARTS) is 1. The number of carbonyl (C=O) groups excluding carboxylic acids is 2. The van der Waals surface area contributed by atoms with Crippen LogP contribution >= 0.6 is 0 Å². The van der Waals surface area contributed by atoms with Crippen molar-refractivity contribution in [3.63, 3.8) is 0 Å². The molecule has 0 radical (unpaired) electrons. The number of hydrogen-bond acceptors (Lipinski definition) is 5. The van der Waals surface area contributed by atoms with Crippen LogP contribution in [0.25, 0.3) is 0 Å². The third-order valence-electron chi connectivity index (χ3n) is 3.12. The first-order chi connectivity index (χ1) is 8.91. The van der Waals surface area contributed by atoms with Crippen molar-refractivity contribution in [1.82, 2.24) is 0 Å². The summed E-state index contributed by atoms with van der Waals surface area (Å²) in [6.45, 7) is 0. The Hall–Kier alpha value is -2.57. The molecule has 1 aromatic carbocycles. The summed E-state index contributed by atoms with van der Waals surface area (Å²) in [5, 5.41) is 19.3. The van der Waals surface area contributed by atoms with Crippen LogP contribution in [0.1, 0.15) is 22.3 Å². The van der Waals surface area contributed by atoms with Gasteiger partial charge in [-0.1, -0.05) is 6.07 Å². The molecule has 19 heavy (non-hydrogen) atoms. The van der Waals surface area contributed by atoms with Crippen LogP contribution in [-0.4, -0.2) is 27.6 Å². The Morgan fingerprint density at radius 1 is 1.37 bits per heavy atom. The average molecular weight is 263 g/mol. The zero-order valence-corrected chi connectivity index (χ0v) is 9.66. The number of ketones is 2. The average Bonchev–Trinajstić information content (AvgIpc) is 2.38. The van der Waals surface area contributed by atoms with Crippen molar-refractivity contribution in [3.8, 4) is 0 Å². The molecule has 7 nitrogen and oxygen atoms in total. The molecule has 1 aliphatic carbocycles. The van der Waals surface area contributed by atoms with E-state index in [2.05, 4.69) is 0 Å². The summed E-state index contributed by atoms with van der Waals surface area (Å²) in [6, 6.07) is 3.84. The normalized spacial score (nSPS) is 17.7. The fourth-order valence-electron chi connectivity index (χ4n) is 2.14. The van der Waals surface area contributed by atoms with Gasteiger partial charge >= 0.3 is 5.97 Å². The topological polar surface area (TPSA) is 115 Å². The summed E-state index contributed by atoms with van der Waals surface area (Å²) >= 11 is 0. The molecule has 0 saturated carbocycles. The minimum Gasteiger partial charge on any atom is -0.475 e. The lowest BCUT2D eigenvalue weighted by Crippen LogP contribution is -2.33. The van der Waals surface area contributed by atoms with E-state index in [1.165, 1.54) is 12.1 Å². The highest BCUT2D eigenvalue weighted by Gasteiger charge is 2.36. The lowest BCUT2D eigenvalue weighted by atomic mass is 9.80. The standard InChI is InChI=1S/C12H9NO6/c14-10-8(11(15)12(16)17)4-2-6-1-3-7(13(18)19)5-9(6)10/h1,3,5,8H,2,4H2,(H,16,17). The second-order valence-electron chi connectivity index (χ2n) is 4.22. The predicted molar refractivity (Wildman–Crippen MR) is 61.9 cm³/mol. The second kappa shape index (κ2) is 4.60. The van der Waals surface area contributed by atoms with E-state index in [-0.39, 0.29) is 17.7 Å². The van der Waals surface area contributed by atoms with E-state index in [0.29, 0.717) is 12.0 Å². The molecule has 0 aliphatic heterocycles. The first kappa shape index (κ1) is 12.9. The van der Waals surface area contributed by atoms with Crippen molar-refractivity contribution < 1.29 is 24.4 Å². The lowest BCUT2D eigenvalue weighted by molar-refractivity contribution is -0.384. The Bertz CT molecular complexity index is 606. The Morgan fingerprint density at radius 3 is 2.63 bits per heavy atom. The van der Waals surface area contributed by atoms with E-state index >= 15 is 0 Å². The number of carboxylic acids is 1. The van der Waals surface area contributed by atoms with Crippen LogP contribution in [-0.2, 0) is 16.0 Å². The summed E-state index contributed by atoms with van der Waals surface area (Å²) in [5.41, 5.74) is 0.417. The van der Waals surface area contributed by atoms with Gasteiger partial charge in [0.2, 0.25) is 0 Å². The summed E-state index contributed by atoms with van der Waals surface area (Å²) in [4.78, 5) is 44.0. The molecule has 1 aromatic rings. The number of nitrogens with zero attached hydrogens (tertiary/aromatic N) is 1. The Kier molecular flexibility index (Phi) is 3.12. The number of rotatable bonds is 3. The number of hydrogen-bond donors (Lipinski definition) is 1. The van der Waals surface area contributed by atoms with E-state index < -0.39 is 28.4 Å². The third-order valence-corrected chi connectivity index (χ3v) is 3.12. The van der Waals surface area contributed by atoms with Gasteiger partial charge in [-0.3, -0.25) is 19.7 Å². The van der Waals surface area contributed by atoms with Gasteiger partial charge in [-0.2, -0.15) is 0 Å². The van der Waals surface area contributed by atoms with E-state index in [4.69, 9.17) is 5.11 Å². The number of nitro benzene ring substituents is 1. The van der Waals surface area contributed by atoms with Crippen molar-refractivity contribution in [2.75, 3.05) is 0 Å². The third kappa shape index (κ3) is 2.22. The quantitative estimate of drug-likeness (QED) is 0.376. The molecule has 0 saturated heterocycles. The fourth-order valence-corrected chi connectivity index (χ4v) is 2.14. The van der Waals surface area contributed by atoms with Crippen LogP contribution in [0.4, 0.5) is 5.69 Å². The zero-order chi connectivity index (χ0) is 14.2. The maximum atomic E-state index is 12.0. The van der Waals surface area contributed by atoms with Crippen molar-refractivity contribution in [2.45, 2.75) is 12.8 Å². The minimum absolute atomic E-state index is 0.0695. The maximum Gasteiger partial charge on any atom is 0.372 e. The van der Waals surface area contributed by atoms with E-state index in [1.807, 2.05) is 0 Å². The molecule has 0 amide bonds. The zero-order valence-electron chi connectivity index (χ0n) is 9.66. The van der Waals surface area contributed by atoms with Gasteiger partial charge in [-0.15, -0.1) is 0 Å². The van der Waals surface area contributed by atoms with Crippen LogP contribution in [0.3, 0.4) is 0 Å². The molecular formula is C12H9NO6. The Labute approximate surface area is 107 Å². The fraction of sp³-hybridized carbons (Fsp3) is 0.250. The molecule has 1 atom stereocenters. The molecule has 2 rings (SSSR count). The van der Waals surface area contributed by atoms with Crippen LogP contribution in [0.2, 0.25) is 0 Å².